The second-order valence-corrected chi connectivity index (χ2v) is 13.3. The van der Waals surface area contributed by atoms with E-state index < -0.39 is 5.41 Å². The van der Waals surface area contributed by atoms with Crippen LogP contribution in [0.3, 0.4) is 0 Å². The molecule has 1 aliphatic rings. The van der Waals surface area contributed by atoms with Crippen LogP contribution in [0.2, 0.25) is 0 Å². The molecular weight excluding hydrogens is 619 g/mol. The number of para-hydroxylation sites is 1. The molecule has 51 heavy (non-hydrogen) atoms. The van der Waals surface area contributed by atoms with E-state index in [9.17, 15) is 0 Å². The Bertz CT molecular complexity index is 2630. The molecule has 2 heteroatoms. The Balaban J connectivity index is 1.23. The van der Waals surface area contributed by atoms with Crippen molar-refractivity contribution in [2.75, 3.05) is 4.90 Å². The number of anilines is 3. The van der Waals surface area contributed by atoms with Crippen LogP contribution in [0.5, 0.6) is 0 Å². The molecule has 0 saturated carbocycles. The summed E-state index contributed by atoms with van der Waals surface area (Å²) < 4.78 is 6.70. The smallest absolute Gasteiger partial charge is 0.135 e. The van der Waals surface area contributed by atoms with Crippen molar-refractivity contribution >= 4 is 39.0 Å². The number of furan rings is 1. The summed E-state index contributed by atoms with van der Waals surface area (Å²) in [6.45, 7) is 0. The summed E-state index contributed by atoms with van der Waals surface area (Å²) in [5, 5.41) is 2.23. The summed E-state index contributed by atoms with van der Waals surface area (Å²) >= 11 is 0. The average molecular weight is 652 g/mol. The Morgan fingerprint density at radius 2 is 0.902 bits per heavy atom. The van der Waals surface area contributed by atoms with E-state index in [-0.39, 0.29) is 0 Å². The molecule has 1 heterocycles. The van der Waals surface area contributed by atoms with Crippen LogP contribution in [0.15, 0.2) is 205 Å². The molecule has 0 amide bonds. The lowest BCUT2D eigenvalue weighted by molar-refractivity contribution is 0.667. The third-order valence-electron chi connectivity index (χ3n) is 10.5. The zero-order valence-corrected chi connectivity index (χ0v) is 27.9. The normalized spacial score (nSPS) is 12.9. The zero-order chi connectivity index (χ0) is 33.8. The number of fused-ring (bicyclic) bond motifs is 6. The Morgan fingerprint density at radius 3 is 1.59 bits per heavy atom. The number of nitrogens with zero attached hydrogens (tertiary/aromatic N) is 1. The van der Waals surface area contributed by atoms with Crippen LogP contribution in [0.1, 0.15) is 22.3 Å². The fourth-order valence-electron chi connectivity index (χ4n) is 8.40. The highest BCUT2D eigenvalue weighted by molar-refractivity contribution is 6.10. The van der Waals surface area contributed by atoms with Gasteiger partial charge in [-0.05, 0) is 93.0 Å². The van der Waals surface area contributed by atoms with Crippen LogP contribution in [0, 0.1) is 0 Å². The van der Waals surface area contributed by atoms with Gasteiger partial charge in [-0.25, -0.2) is 0 Å². The van der Waals surface area contributed by atoms with Crippen molar-refractivity contribution in [1.82, 2.24) is 0 Å². The van der Waals surface area contributed by atoms with Crippen molar-refractivity contribution in [2.24, 2.45) is 0 Å². The molecular formula is C49H33NO. The maximum absolute atomic E-state index is 6.70. The van der Waals surface area contributed by atoms with Gasteiger partial charge in [0.15, 0.2) is 0 Å². The maximum atomic E-state index is 6.70. The SMILES string of the molecule is c1ccc(-c2ccc(N(c3ccccc3)c3ccc4oc5cccc(C6(c7ccccc7)c7ccccc7-c7ccccc76)c5c4c3)cc2)cc1. The number of hydrogen-bond donors (Lipinski definition) is 0. The van der Waals surface area contributed by atoms with Gasteiger partial charge < -0.3 is 9.32 Å². The Hall–Kier alpha value is -6.64. The van der Waals surface area contributed by atoms with E-state index in [2.05, 4.69) is 205 Å². The van der Waals surface area contributed by atoms with Crippen molar-refractivity contribution in [2.45, 2.75) is 5.41 Å². The van der Waals surface area contributed by atoms with Crippen molar-refractivity contribution < 1.29 is 4.42 Å². The molecule has 1 aromatic heterocycles. The predicted molar refractivity (Wildman–Crippen MR) is 211 cm³/mol. The quantitative estimate of drug-likeness (QED) is 0.178. The summed E-state index contributed by atoms with van der Waals surface area (Å²) in [4.78, 5) is 2.34. The van der Waals surface area contributed by atoms with Gasteiger partial charge in [-0.1, -0.05) is 152 Å². The lowest BCUT2D eigenvalue weighted by Gasteiger charge is -2.34. The minimum Gasteiger partial charge on any atom is -0.456 e. The van der Waals surface area contributed by atoms with Gasteiger partial charge in [0, 0.05) is 27.8 Å². The summed E-state index contributed by atoms with van der Waals surface area (Å²) in [7, 11) is 0. The fraction of sp³-hybridized carbons (Fsp3) is 0.0204. The fourth-order valence-corrected chi connectivity index (χ4v) is 8.40. The maximum Gasteiger partial charge on any atom is 0.135 e. The average Bonchev–Trinajstić information content (AvgIpc) is 3.73. The standard InChI is InChI=1S/C49H33NO/c1-4-15-34(16-5-1)35-27-29-38(30-28-35)50(37-19-8-3-9-20-37)39-31-32-46-42(33-39)48-45(25-14-26-47(48)51-46)49(36-17-6-2-7-18-36)43-23-12-10-21-40(43)41-22-11-13-24-44(41)49/h1-33H. The molecule has 8 aromatic carbocycles. The molecule has 0 N–H and O–H groups in total. The predicted octanol–water partition coefficient (Wildman–Crippen LogP) is 13.1. The Labute approximate surface area is 297 Å². The van der Waals surface area contributed by atoms with E-state index in [4.69, 9.17) is 4.42 Å². The van der Waals surface area contributed by atoms with Crippen molar-refractivity contribution in [1.29, 1.82) is 0 Å². The second kappa shape index (κ2) is 11.8. The number of benzene rings is 8. The van der Waals surface area contributed by atoms with Gasteiger partial charge >= 0.3 is 0 Å². The van der Waals surface area contributed by atoms with Gasteiger partial charge in [-0.2, -0.15) is 0 Å². The summed E-state index contributed by atoms with van der Waals surface area (Å²) in [6, 6.07) is 72.0. The molecule has 0 aliphatic heterocycles. The molecule has 0 atom stereocenters. The van der Waals surface area contributed by atoms with Gasteiger partial charge in [0.05, 0.1) is 5.41 Å². The third-order valence-corrected chi connectivity index (χ3v) is 10.5. The molecule has 240 valence electrons. The largest absolute Gasteiger partial charge is 0.456 e. The molecule has 0 bridgehead atoms. The van der Waals surface area contributed by atoms with E-state index in [1.165, 1.54) is 44.5 Å². The van der Waals surface area contributed by atoms with Gasteiger partial charge in [0.25, 0.3) is 0 Å². The molecule has 0 fully saturated rings. The Morgan fingerprint density at radius 1 is 0.373 bits per heavy atom. The van der Waals surface area contributed by atoms with Crippen LogP contribution in [-0.2, 0) is 5.41 Å². The Kier molecular flexibility index (Phi) is 6.75. The summed E-state index contributed by atoms with van der Waals surface area (Å²) in [6.07, 6.45) is 0. The third kappa shape index (κ3) is 4.50. The van der Waals surface area contributed by atoms with Crippen molar-refractivity contribution in [3.63, 3.8) is 0 Å². The van der Waals surface area contributed by atoms with Gasteiger partial charge in [-0.3, -0.25) is 0 Å². The minimum atomic E-state index is -0.535. The lowest BCUT2D eigenvalue weighted by atomic mass is 9.66. The van der Waals surface area contributed by atoms with E-state index >= 15 is 0 Å². The first-order chi connectivity index (χ1) is 25.3. The van der Waals surface area contributed by atoms with Crippen LogP contribution >= 0.6 is 0 Å². The van der Waals surface area contributed by atoms with Crippen LogP contribution in [0.4, 0.5) is 17.1 Å². The molecule has 0 spiro atoms. The van der Waals surface area contributed by atoms with Gasteiger partial charge in [0.1, 0.15) is 11.2 Å². The summed E-state index contributed by atoms with van der Waals surface area (Å²) in [5.41, 5.74) is 14.5. The highest BCUT2D eigenvalue weighted by Gasteiger charge is 2.47. The van der Waals surface area contributed by atoms with Gasteiger partial charge in [0.2, 0.25) is 0 Å². The van der Waals surface area contributed by atoms with Crippen molar-refractivity contribution in [3.05, 3.63) is 222 Å². The highest BCUT2D eigenvalue weighted by atomic mass is 16.3. The minimum absolute atomic E-state index is 0.535. The van der Waals surface area contributed by atoms with E-state index in [1.54, 1.807) is 0 Å². The molecule has 2 nitrogen and oxygen atoms in total. The number of hydrogen-bond acceptors (Lipinski definition) is 2. The van der Waals surface area contributed by atoms with Crippen molar-refractivity contribution in [3.8, 4) is 22.3 Å². The van der Waals surface area contributed by atoms with E-state index in [1.807, 2.05) is 0 Å². The first-order valence-electron chi connectivity index (χ1n) is 17.5. The number of rotatable bonds is 6. The monoisotopic (exact) mass is 651 g/mol. The lowest BCUT2D eigenvalue weighted by Crippen LogP contribution is -2.28. The molecule has 1 aliphatic carbocycles. The summed E-state index contributed by atoms with van der Waals surface area (Å²) in [5.74, 6) is 0. The van der Waals surface area contributed by atoms with Crippen LogP contribution in [-0.4, -0.2) is 0 Å². The van der Waals surface area contributed by atoms with Crippen LogP contribution in [0.25, 0.3) is 44.2 Å². The highest BCUT2D eigenvalue weighted by Crippen LogP contribution is 2.58. The molecule has 0 saturated heterocycles. The van der Waals surface area contributed by atoms with E-state index in [0.29, 0.717) is 0 Å². The molecule has 9 aromatic rings. The zero-order valence-electron chi connectivity index (χ0n) is 27.9. The molecule has 10 rings (SSSR count). The molecule has 0 radical (unpaired) electrons. The first-order valence-corrected chi connectivity index (χ1v) is 17.5. The van der Waals surface area contributed by atoms with Gasteiger partial charge in [-0.15, -0.1) is 0 Å². The second-order valence-electron chi connectivity index (χ2n) is 13.3. The molecule has 0 unspecified atom stereocenters. The topological polar surface area (TPSA) is 16.4 Å². The first kappa shape index (κ1) is 29.3. The van der Waals surface area contributed by atoms with E-state index in [0.717, 1.165) is 39.0 Å². The van der Waals surface area contributed by atoms with Crippen LogP contribution < -0.4 is 4.90 Å².